The monoisotopic (exact) mass is 395 g/mol. The summed E-state index contributed by atoms with van der Waals surface area (Å²) in [6.45, 7) is 3.66. The Morgan fingerprint density at radius 1 is 1.25 bits per heavy atom. The normalized spacial score (nSPS) is 11.8. The first-order valence-corrected chi connectivity index (χ1v) is 8.52. The average molecular weight is 396 g/mol. The van der Waals surface area contributed by atoms with E-state index in [1.165, 1.54) is 13.2 Å². The summed E-state index contributed by atoms with van der Waals surface area (Å²) in [7, 11) is 1.44. The molecule has 0 saturated carbocycles. The van der Waals surface area contributed by atoms with Gasteiger partial charge in [0.05, 0.1) is 13.7 Å². The van der Waals surface area contributed by atoms with E-state index in [0.717, 1.165) is 27.2 Å². The number of ether oxygens (including phenoxy) is 1. The van der Waals surface area contributed by atoms with Crippen LogP contribution >= 0.6 is 15.9 Å². The molecule has 4 nitrogen and oxygen atoms in total. The molecule has 2 aromatic carbocycles. The Morgan fingerprint density at radius 3 is 2.54 bits per heavy atom. The lowest BCUT2D eigenvalue weighted by molar-refractivity contribution is -0.903. The SMILES string of the molecule is CC[NH+](CC(=O)Nc1ccc(Br)cc1)Cc1ccc(OC)c(F)c1. The second-order valence-corrected chi connectivity index (χ2v) is 6.40. The van der Waals surface area contributed by atoms with Crippen LogP contribution in [0, 0.1) is 5.82 Å². The molecule has 128 valence electrons. The summed E-state index contributed by atoms with van der Waals surface area (Å²) in [6, 6.07) is 12.3. The quantitative estimate of drug-likeness (QED) is 0.756. The van der Waals surface area contributed by atoms with Gasteiger partial charge in [0, 0.05) is 15.7 Å². The largest absolute Gasteiger partial charge is 0.494 e. The van der Waals surface area contributed by atoms with E-state index in [2.05, 4.69) is 21.2 Å². The highest BCUT2D eigenvalue weighted by Crippen LogP contribution is 2.17. The fourth-order valence-electron chi connectivity index (χ4n) is 2.39. The van der Waals surface area contributed by atoms with Crippen LogP contribution in [0.4, 0.5) is 10.1 Å². The fourth-order valence-corrected chi connectivity index (χ4v) is 2.65. The smallest absolute Gasteiger partial charge is 0.279 e. The first-order chi connectivity index (χ1) is 11.5. The van der Waals surface area contributed by atoms with Crippen LogP contribution in [0.25, 0.3) is 0 Å². The predicted molar refractivity (Wildman–Crippen MR) is 95.8 cm³/mol. The minimum absolute atomic E-state index is 0.0665. The van der Waals surface area contributed by atoms with Crippen molar-refractivity contribution >= 4 is 27.5 Å². The van der Waals surface area contributed by atoms with E-state index >= 15 is 0 Å². The standard InChI is InChI=1S/C18H20BrFN2O2/c1-3-22(11-13-4-9-17(24-2)16(20)10-13)12-18(23)21-15-7-5-14(19)6-8-15/h4-10H,3,11-12H2,1-2H3,(H,21,23)/p+1. The number of benzene rings is 2. The number of hydrogen-bond donors (Lipinski definition) is 2. The minimum Gasteiger partial charge on any atom is -0.494 e. The number of anilines is 1. The number of halogens is 2. The molecule has 0 saturated heterocycles. The number of amides is 1. The zero-order valence-electron chi connectivity index (χ0n) is 13.7. The lowest BCUT2D eigenvalue weighted by Crippen LogP contribution is -3.11. The maximum absolute atomic E-state index is 13.8. The molecular formula is C18H21BrFN2O2+. The number of hydrogen-bond acceptors (Lipinski definition) is 2. The van der Waals surface area contributed by atoms with Gasteiger partial charge < -0.3 is 15.0 Å². The van der Waals surface area contributed by atoms with Gasteiger partial charge in [-0.3, -0.25) is 4.79 Å². The van der Waals surface area contributed by atoms with Gasteiger partial charge in [-0.2, -0.15) is 0 Å². The third-order valence-electron chi connectivity index (χ3n) is 3.71. The van der Waals surface area contributed by atoms with Crippen LogP contribution in [0.15, 0.2) is 46.9 Å². The second kappa shape index (κ2) is 8.80. The molecule has 0 aliphatic carbocycles. The molecule has 0 aromatic heterocycles. The fraction of sp³-hybridized carbons (Fsp3) is 0.278. The minimum atomic E-state index is -0.384. The maximum Gasteiger partial charge on any atom is 0.279 e. The van der Waals surface area contributed by atoms with E-state index in [9.17, 15) is 9.18 Å². The molecule has 2 rings (SSSR count). The van der Waals surface area contributed by atoms with Gasteiger partial charge in [0.25, 0.3) is 5.91 Å². The number of rotatable bonds is 7. The summed E-state index contributed by atoms with van der Waals surface area (Å²) >= 11 is 3.36. The first kappa shape index (κ1) is 18.4. The van der Waals surface area contributed by atoms with Gasteiger partial charge in [-0.1, -0.05) is 15.9 Å². The highest BCUT2D eigenvalue weighted by atomic mass is 79.9. The molecule has 0 fully saturated rings. The van der Waals surface area contributed by atoms with E-state index in [0.29, 0.717) is 13.1 Å². The van der Waals surface area contributed by atoms with Gasteiger partial charge in [-0.25, -0.2) is 4.39 Å². The number of likely N-dealkylation sites (N-methyl/N-ethyl adjacent to an activating group) is 1. The number of nitrogens with one attached hydrogen (secondary N) is 2. The van der Waals surface area contributed by atoms with Crippen LogP contribution in [0.3, 0.4) is 0 Å². The Kier molecular flexibility index (Phi) is 6.75. The highest BCUT2D eigenvalue weighted by molar-refractivity contribution is 9.10. The maximum atomic E-state index is 13.8. The van der Waals surface area contributed by atoms with Crippen LogP contribution in [0.5, 0.6) is 5.75 Å². The van der Waals surface area contributed by atoms with Crippen LogP contribution in [0.2, 0.25) is 0 Å². The molecule has 1 amide bonds. The number of methoxy groups -OCH3 is 1. The highest BCUT2D eigenvalue weighted by Gasteiger charge is 2.14. The Hall–Kier alpha value is -1.92. The third-order valence-corrected chi connectivity index (χ3v) is 4.24. The number of carbonyl (C=O) groups excluding carboxylic acids is 1. The summed E-state index contributed by atoms with van der Waals surface area (Å²) in [5, 5.41) is 2.87. The van der Waals surface area contributed by atoms with Crippen LogP contribution in [0.1, 0.15) is 12.5 Å². The van der Waals surface area contributed by atoms with Crippen LogP contribution < -0.4 is 15.0 Å². The van der Waals surface area contributed by atoms with Gasteiger partial charge in [-0.05, 0) is 49.4 Å². The van der Waals surface area contributed by atoms with E-state index in [1.807, 2.05) is 37.3 Å². The summed E-state index contributed by atoms with van der Waals surface area (Å²) < 4.78 is 19.7. The first-order valence-electron chi connectivity index (χ1n) is 7.73. The summed E-state index contributed by atoms with van der Waals surface area (Å²) in [4.78, 5) is 13.2. The van der Waals surface area contributed by atoms with Gasteiger partial charge >= 0.3 is 0 Å². The summed E-state index contributed by atoms with van der Waals surface area (Å²) in [6.07, 6.45) is 0. The molecular weight excluding hydrogens is 375 g/mol. The molecule has 0 aliphatic heterocycles. The topological polar surface area (TPSA) is 42.8 Å². The van der Waals surface area contributed by atoms with E-state index < -0.39 is 0 Å². The Morgan fingerprint density at radius 2 is 1.96 bits per heavy atom. The van der Waals surface area contributed by atoms with Gasteiger partial charge in [0.15, 0.2) is 18.1 Å². The zero-order valence-corrected chi connectivity index (χ0v) is 15.3. The van der Waals surface area contributed by atoms with Crippen molar-refractivity contribution in [2.75, 3.05) is 25.5 Å². The molecule has 0 heterocycles. The lowest BCUT2D eigenvalue weighted by atomic mass is 10.2. The van der Waals surface area contributed by atoms with Gasteiger partial charge in [0.1, 0.15) is 6.54 Å². The van der Waals surface area contributed by atoms with E-state index in [-0.39, 0.29) is 17.5 Å². The molecule has 0 bridgehead atoms. The lowest BCUT2D eigenvalue weighted by Gasteiger charge is -2.17. The van der Waals surface area contributed by atoms with E-state index in [4.69, 9.17) is 4.74 Å². The van der Waals surface area contributed by atoms with Gasteiger partial charge in [0.2, 0.25) is 0 Å². The average Bonchev–Trinajstić information content (AvgIpc) is 2.56. The molecule has 2 N–H and O–H groups in total. The van der Waals surface area contributed by atoms with Crippen molar-refractivity contribution in [3.63, 3.8) is 0 Å². The molecule has 0 spiro atoms. The molecule has 6 heteroatoms. The predicted octanol–water partition coefficient (Wildman–Crippen LogP) is 2.64. The molecule has 1 unspecified atom stereocenters. The van der Waals surface area contributed by atoms with Crippen molar-refractivity contribution in [1.82, 2.24) is 0 Å². The Labute approximate surface area is 149 Å². The number of carbonyl (C=O) groups is 1. The zero-order chi connectivity index (χ0) is 17.5. The van der Waals surface area contributed by atoms with Crippen molar-refractivity contribution in [2.45, 2.75) is 13.5 Å². The van der Waals surface area contributed by atoms with Crippen molar-refractivity contribution in [3.05, 3.63) is 58.3 Å². The van der Waals surface area contributed by atoms with Crippen molar-refractivity contribution in [2.24, 2.45) is 0 Å². The summed E-state index contributed by atoms with van der Waals surface area (Å²) in [5.74, 6) is -0.224. The molecule has 0 radical (unpaired) electrons. The molecule has 0 aliphatic rings. The van der Waals surface area contributed by atoms with Crippen LogP contribution in [-0.2, 0) is 11.3 Å². The molecule has 2 aromatic rings. The van der Waals surface area contributed by atoms with Crippen molar-refractivity contribution < 1.29 is 18.8 Å². The second-order valence-electron chi connectivity index (χ2n) is 5.48. The Balaban J connectivity index is 1.94. The van der Waals surface area contributed by atoms with Crippen molar-refractivity contribution in [1.29, 1.82) is 0 Å². The van der Waals surface area contributed by atoms with Gasteiger partial charge in [-0.15, -0.1) is 0 Å². The third kappa shape index (κ3) is 5.32. The van der Waals surface area contributed by atoms with Crippen molar-refractivity contribution in [3.8, 4) is 5.75 Å². The number of quaternary nitrogens is 1. The summed E-state index contributed by atoms with van der Waals surface area (Å²) in [5.41, 5.74) is 1.59. The molecule has 24 heavy (non-hydrogen) atoms. The Bertz CT molecular complexity index is 692. The van der Waals surface area contributed by atoms with Crippen LogP contribution in [-0.4, -0.2) is 26.1 Å². The van der Waals surface area contributed by atoms with E-state index in [1.54, 1.807) is 6.07 Å². The molecule has 1 atom stereocenters.